The first-order valence-electron chi connectivity index (χ1n) is 8.74. The number of urea groups is 1. The number of hydrogen-bond donors (Lipinski definition) is 0. The van der Waals surface area contributed by atoms with Gasteiger partial charge < -0.3 is 0 Å². The molecule has 0 unspecified atom stereocenters. The lowest BCUT2D eigenvalue weighted by atomic mass is 10.1. The summed E-state index contributed by atoms with van der Waals surface area (Å²) >= 11 is 0. The fourth-order valence-electron chi connectivity index (χ4n) is 3.99. The molecule has 2 saturated heterocycles. The second-order valence-corrected chi connectivity index (χ2v) is 9.44. The highest BCUT2D eigenvalue weighted by Crippen LogP contribution is 2.39. The predicted octanol–water partition coefficient (Wildman–Crippen LogP) is 3.22. The van der Waals surface area contributed by atoms with Gasteiger partial charge in [-0.05, 0) is 50.1 Å². The van der Waals surface area contributed by atoms with E-state index in [9.17, 15) is 13.2 Å². The Kier molecular flexibility index (Phi) is 3.84. The van der Waals surface area contributed by atoms with E-state index in [4.69, 9.17) is 0 Å². The zero-order chi connectivity index (χ0) is 18.6. The number of fused-ring (bicyclic) bond motifs is 1. The van der Waals surface area contributed by atoms with E-state index in [1.807, 2.05) is 63.2 Å². The Bertz CT molecular complexity index is 983. The lowest BCUT2D eigenvalue weighted by molar-refractivity contribution is 0.255. The number of hydrogen-bond acceptors (Lipinski definition) is 3. The van der Waals surface area contributed by atoms with Crippen LogP contribution < -0.4 is 9.80 Å². The number of anilines is 2. The van der Waals surface area contributed by atoms with Crippen LogP contribution in [0.5, 0.6) is 0 Å². The fourth-order valence-corrected chi connectivity index (χ4v) is 5.91. The van der Waals surface area contributed by atoms with Crippen molar-refractivity contribution in [2.24, 2.45) is 0 Å². The predicted molar refractivity (Wildman–Crippen MR) is 104 cm³/mol. The van der Waals surface area contributed by atoms with Crippen LogP contribution in [0.25, 0.3) is 0 Å². The number of amides is 2. The summed E-state index contributed by atoms with van der Waals surface area (Å²) in [7, 11) is -3.18. The van der Waals surface area contributed by atoms with Crippen molar-refractivity contribution in [1.82, 2.24) is 0 Å². The molecular formula is C20H22N2O3S. The van der Waals surface area contributed by atoms with E-state index in [1.165, 1.54) is 0 Å². The van der Waals surface area contributed by atoms with Crippen molar-refractivity contribution >= 4 is 27.2 Å². The SMILES string of the molecule is Cc1ccc(N2C(=O)N(c3cccc(C)c3C)[C@@H]3CS(=O)(=O)C[C@@H]32)cc1. The second-order valence-electron chi connectivity index (χ2n) is 7.29. The Hall–Kier alpha value is -2.34. The van der Waals surface area contributed by atoms with Gasteiger partial charge >= 0.3 is 6.03 Å². The molecule has 5 nitrogen and oxygen atoms in total. The lowest BCUT2D eigenvalue weighted by Gasteiger charge is -2.24. The fraction of sp³-hybridized carbons (Fsp3) is 0.350. The molecule has 6 heteroatoms. The molecule has 26 heavy (non-hydrogen) atoms. The summed E-state index contributed by atoms with van der Waals surface area (Å²) in [5.74, 6) is 0.0256. The molecule has 0 bridgehead atoms. The quantitative estimate of drug-likeness (QED) is 0.763. The first-order valence-corrected chi connectivity index (χ1v) is 10.6. The Morgan fingerprint density at radius 1 is 0.885 bits per heavy atom. The minimum absolute atomic E-state index is 0.0125. The molecule has 0 spiro atoms. The Morgan fingerprint density at radius 3 is 2.15 bits per heavy atom. The molecule has 2 amide bonds. The third-order valence-electron chi connectivity index (χ3n) is 5.52. The molecule has 2 aliphatic heterocycles. The van der Waals surface area contributed by atoms with E-state index in [2.05, 4.69) is 0 Å². The average Bonchev–Trinajstić information content (AvgIpc) is 3.01. The Labute approximate surface area is 154 Å². The van der Waals surface area contributed by atoms with E-state index in [1.54, 1.807) is 9.80 Å². The summed E-state index contributed by atoms with van der Waals surface area (Å²) in [6.07, 6.45) is 0. The van der Waals surface area contributed by atoms with Crippen molar-refractivity contribution < 1.29 is 13.2 Å². The van der Waals surface area contributed by atoms with Crippen molar-refractivity contribution in [2.75, 3.05) is 21.3 Å². The maximum Gasteiger partial charge on any atom is 0.329 e. The van der Waals surface area contributed by atoms with Crippen LogP contribution in [0.3, 0.4) is 0 Å². The molecule has 2 aromatic carbocycles. The summed E-state index contributed by atoms with van der Waals surface area (Å²) < 4.78 is 24.7. The normalized spacial score (nSPS) is 24.2. The number of rotatable bonds is 2. The van der Waals surface area contributed by atoms with Crippen LogP contribution >= 0.6 is 0 Å². The molecule has 0 saturated carbocycles. The smallest absolute Gasteiger partial charge is 0.288 e. The van der Waals surface area contributed by atoms with Gasteiger partial charge in [0.25, 0.3) is 0 Å². The van der Waals surface area contributed by atoms with Crippen LogP contribution in [0.4, 0.5) is 16.2 Å². The number of benzene rings is 2. The molecule has 0 radical (unpaired) electrons. The van der Waals surface area contributed by atoms with Gasteiger partial charge in [-0.25, -0.2) is 13.2 Å². The van der Waals surface area contributed by atoms with Gasteiger partial charge in [0, 0.05) is 11.4 Å². The van der Waals surface area contributed by atoms with Crippen LogP contribution in [-0.4, -0.2) is 38.0 Å². The molecule has 0 aliphatic carbocycles. The van der Waals surface area contributed by atoms with Gasteiger partial charge in [-0.1, -0.05) is 29.8 Å². The van der Waals surface area contributed by atoms with Crippen molar-refractivity contribution in [3.63, 3.8) is 0 Å². The van der Waals surface area contributed by atoms with Crippen molar-refractivity contribution in [3.8, 4) is 0 Å². The second kappa shape index (κ2) is 5.84. The molecule has 2 atom stereocenters. The topological polar surface area (TPSA) is 57.7 Å². The highest BCUT2D eigenvalue weighted by Gasteiger charge is 2.54. The maximum absolute atomic E-state index is 13.3. The van der Waals surface area contributed by atoms with Gasteiger partial charge in [0.15, 0.2) is 9.84 Å². The van der Waals surface area contributed by atoms with Gasteiger partial charge in [0.05, 0.1) is 23.6 Å². The standard InChI is InChI=1S/C20H22N2O3S/c1-13-7-9-16(10-8-13)21-18-11-26(24,25)12-19(18)22(20(21)23)17-6-4-5-14(2)15(17)3/h4-10,18-19H,11-12H2,1-3H3/t18-,19+/m0/s1. The number of carbonyl (C=O) groups excluding carboxylic acids is 1. The number of sulfone groups is 1. The summed E-state index contributed by atoms with van der Waals surface area (Å²) in [6, 6.07) is 12.6. The molecule has 2 heterocycles. The first kappa shape index (κ1) is 17.1. The van der Waals surface area contributed by atoms with Crippen LogP contribution in [0.1, 0.15) is 16.7 Å². The largest absolute Gasteiger partial charge is 0.329 e. The summed E-state index contributed by atoms with van der Waals surface area (Å²) in [5.41, 5.74) is 4.75. The minimum Gasteiger partial charge on any atom is -0.288 e. The third kappa shape index (κ3) is 2.60. The van der Waals surface area contributed by atoms with E-state index in [0.29, 0.717) is 0 Å². The molecule has 2 aromatic rings. The zero-order valence-corrected chi connectivity index (χ0v) is 16.0. The van der Waals surface area contributed by atoms with Crippen molar-refractivity contribution in [1.29, 1.82) is 0 Å². The van der Waals surface area contributed by atoms with Crippen LogP contribution in [0.15, 0.2) is 42.5 Å². The molecular weight excluding hydrogens is 348 g/mol. The van der Waals surface area contributed by atoms with Crippen molar-refractivity contribution in [2.45, 2.75) is 32.9 Å². The zero-order valence-electron chi connectivity index (χ0n) is 15.1. The van der Waals surface area contributed by atoms with Gasteiger partial charge in [-0.2, -0.15) is 0 Å². The highest BCUT2D eigenvalue weighted by atomic mass is 32.2. The summed E-state index contributed by atoms with van der Waals surface area (Å²) in [4.78, 5) is 16.7. The lowest BCUT2D eigenvalue weighted by Crippen LogP contribution is -2.38. The van der Waals surface area contributed by atoms with E-state index in [-0.39, 0.29) is 29.6 Å². The molecule has 2 aliphatic rings. The number of aryl methyl sites for hydroxylation is 2. The van der Waals surface area contributed by atoms with Crippen molar-refractivity contribution in [3.05, 3.63) is 59.2 Å². The number of nitrogens with zero attached hydrogens (tertiary/aromatic N) is 2. The van der Waals surface area contributed by atoms with Gasteiger partial charge in [0.2, 0.25) is 0 Å². The molecule has 4 rings (SSSR count). The van der Waals surface area contributed by atoms with Crippen LogP contribution in [-0.2, 0) is 9.84 Å². The molecule has 2 fully saturated rings. The summed E-state index contributed by atoms with van der Waals surface area (Å²) in [5, 5.41) is 0. The monoisotopic (exact) mass is 370 g/mol. The first-order chi connectivity index (χ1) is 12.3. The van der Waals surface area contributed by atoms with E-state index < -0.39 is 9.84 Å². The third-order valence-corrected chi connectivity index (χ3v) is 7.22. The maximum atomic E-state index is 13.3. The average molecular weight is 370 g/mol. The van der Waals surface area contributed by atoms with Crippen LogP contribution in [0.2, 0.25) is 0 Å². The Morgan fingerprint density at radius 2 is 1.50 bits per heavy atom. The summed E-state index contributed by atoms with van der Waals surface area (Å²) in [6.45, 7) is 5.96. The van der Waals surface area contributed by atoms with E-state index >= 15 is 0 Å². The van der Waals surface area contributed by atoms with Gasteiger partial charge in [0.1, 0.15) is 0 Å². The van der Waals surface area contributed by atoms with Gasteiger partial charge in [-0.15, -0.1) is 0 Å². The Balaban J connectivity index is 1.84. The highest BCUT2D eigenvalue weighted by molar-refractivity contribution is 7.91. The molecule has 0 aromatic heterocycles. The molecule has 0 N–H and O–H groups in total. The van der Waals surface area contributed by atoms with E-state index in [0.717, 1.165) is 28.1 Å². The van der Waals surface area contributed by atoms with Gasteiger partial charge in [-0.3, -0.25) is 9.80 Å². The minimum atomic E-state index is -3.18. The molecule has 136 valence electrons. The van der Waals surface area contributed by atoms with Crippen LogP contribution in [0, 0.1) is 20.8 Å². The number of carbonyl (C=O) groups is 1.